The molecule has 5 nitrogen and oxygen atoms in total. The summed E-state index contributed by atoms with van der Waals surface area (Å²) >= 11 is 1.43. The zero-order valence-electron chi connectivity index (χ0n) is 14.6. The first-order chi connectivity index (χ1) is 12.7. The SMILES string of the molecule is Cc1cccc(CN(C(=O)Nc2nc(-c3cccnc3)cs2)C2CC2)c1. The number of hydrogen-bond donors (Lipinski definition) is 1. The van der Waals surface area contributed by atoms with Gasteiger partial charge in [-0.15, -0.1) is 11.3 Å². The first kappa shape index (κ1) is 16.7. The number of nitrogens with zero attached hydrogens (tertiary/aromatic N) is 3. The second-order valence-corrected chi connectivity index (χ2v) is 7.42. The van der Waals surface area contributed by atoms with E-state index in [1.165, 1.54) is 16.9 Å². The Morgan fingerprint density at radius 1 is 1.31 bits per heavy atom. The van der Waals surface area contributed by atoms with Gasteiger partial charge in [-0.3, -0.25) is 10.3 Å². The molecule has 0 radical (unpaired) electrons. The van der Waals surface area contributed by atoms with Crippen LogP contribution in [0.2, 0.25) is 0 Å². The smallest absolute Gasteiger partial charge is 0.317 e. The molecule has 0 spiro atoms. The maximum Gasteiger partial charge on any atom is 0.324 e. The number of hydrogen-bond acceptors (Lipinski definition) is 4. The molecule has 2 aromatic heterocycles. The van der Waals surface area contributed by atoms with Gasteiger partial charge in [-0.05, 0) is 37.5 Å². The maximum absolute atomic E-state index is 12.8. The van der Waals surface area contributed by atoms with Gasteiger partial charge in [-0.25, -0.2) is 9.78 Å². The maximum atomic E-state index is 12.8. The lowest BCUT2D eigenvalue weighted by atomic mass is 10.1. The normalized spacial score (nSPS) is 13.4. The molecule has 0 aliphatic heterocycles. The lowest BCUT2D eigenvalue weighted by molar-refractivity contribution is 0.206. The molecule has 3 aromatic rings. The number of carbonyl (C=O) groups is 1. The summed E-state index contributed by atoms with van der Waals surface area (Å²) in [4.78, 5) is 23.4. The van der Waals surface area contributed by atoms with Crippen LogP contribution < -0.4 is 5.32 Å². The van der Waals surface area contributed by atoms with E-state index < -0.39 is 0 Å². The van der Waals surface area contributed by atoms with Crippen molar-refractivity contribution in [3.05, 3.63) is 65.3 Å². The largest absolute Gasteiger partial charge is 0.324 e. The van der Waals surface area contributed by atoms with Gasteiger partial charge in [0.05, 0.1) is 5.69 Å². The number of pyridine rings is 1. The van der Waals surface area contributed by atoms with E-state index in [9.17, 15) is 4.79 Å². The highest BCUT2D eigenvalue weighted by Gasteiger charge is 2.33. The van der Waals surface area contributed by atoms with Crippen LogP contribution >= 0.6 is 11.3 Å². The third-order valence-electron chi connectivity index (χ3n) is 4.36. The molecule has 0 saturated heterocycles. The Balaban J connectivity index is 1.46. The number of aryl methyl sites for hydroxylation is 1. The van der Waals surface area contributed by atoms with E-state index in [0.717, 1.165) is 29.7 Å². The summed E-state index contributed by atoms with van der Waals surface area (Å²) in [5, 5.41) is 5.52. The van der Waals surface area contributed by atoms with Crippen LogP contribution in [0.4, 0.5) is 9.93 Å². The van der Waals surface area contributed by atoms with Crippen LogP contribution in [0.25, 0.3) is 11.3 Å². The highest BCUT2D eigenvalue weighted by Crippen LogP contribution is 2.30. The van der Waals surface area contributed by atoms with Gasteiger partial charge in [0.2, 0.25) is 0 Å². The minimum atomic E-state index is -0.0823. The molecule has 1 aliphatic carbocycles. The van der Waals surface area contributed by atoms with Gasteiger partial charge in [-0.2, -0.15) is 0 Å². The van der Waals surface area contributed by atoms with Gasteiger partial charge in [0.1, 0.15) is 0 Å². The molecule has 0 unspecified atom stereocenters. The molecule has 4 rings (SSSR count). The molecular weight excluding hydrogens is 344 g/mol. The minimum Gasteiger partial charge on any atom is -0.317 e. The van der Waals surface area contributed by atoms with Crippen molar-refractivity contribution in [2.45, 2.75) is 32.4 Å². The van der Waals surface area contributed by atoms with Crippen molar-refractivity contribution >= 4 is 22.5 Å². The van der Waals surface area contributed by atoms with Gasteiger partial charge in [0.15, 0.2) is 5.13 Å². The standard InChI is InChI=1S/C20H20N4OS/c1-14-4-2-5-15(10-14)12-24(17-7-8-17)20(25)23-19-22-18(13-26-19)16-6-3-9-21-11-16/h2-6,9-11,13,17H,7-8,12H2,1H3,(H,22,23,25). The Morgan fingerprint density at radius 3 is 2.92 bits per heavy atom. The molecule has 26 heavy (non-hydrogen) atoms. The highest BCUT2D eigenvalue weighted by molar-refractivity contribution is 7.14. The molecule has 0 bridgehead atoms. The number of urea groups is 1. The van der Waals surface area contributed by atoms with Crippen molar-refractivity contribution in [2.75, 3.05) is 5.32 Å². The Bertz CT molecular complexity index is 905. The zero-order valence-corrected chi connectivity index (χ0v) is 15.4. The lowest BCUT2D eigenvalue weighted by Gasteiger charge is -2.22. The third kappa shape index (κ3) is 3.91. The fourth-order valence-electron chi connectivity index (χ4n) is 2.90. The molecule has 1 fully saturated rings. The van der Waals surface area contributed by atoms with Gasteiger partial charge in [-0.1, -0.05) is 29.8 Å². The summed E-state index contributed by atoms with van der Waals surface area (Å²) in [6.45, 7) is 2.69. The van der Waals surface area contributed by atoms with E-state index in [0.29, 0.717) is 17.7 Å². The number of nitrogens with one attached hydrogen (secondary N) is 1. The summed E-state index contributed by atoms with van der Waals surface area (Å²) < 4.78 is 0. The molecular formula is C20H20N4OS. The van der Waals surface area contributed by atoms with Crippen LogP contribution in [0, 0.1) is 6.92 Å². The highest BCUT2D eigenvalue weighted by atomic mass is 32.1. The molecule has 132 valence electrons. The number of carbonyl (C=O) groups excluding carboxylic acids is 1. The van der Waals surface area contributed by atoms with Crippen molar-refractivity contribution in [3.8, 4) is 11.3 Å². The molecule has 1 N–H and O–H groups in total. The van der Waals surface area contributed by atoms with Gasteiger partial charge < -0.3 is 4.90 Å². The van der Waals surface area contributed by atoms with Crippen LogP contribution in [0.5, 0.6) is 0 Å². The number of amides is 2. The Kier molecular flexibility index (Phi) is 4.67. The molecule has 6 heteroatoms. The summed E-state index contributed by atoms with van der Waals surface area (Å²) in [6.07, 6.45) is 5.64. The average Bonchev–Trinajstić information content (AvgIpc) is 3.39. The van der Waals surface area contributed by atoms with Crippen LogP contribution in [-0.4, -0.2) is 26.9 Å². The molecule has 2 heterocycles. The van der Waals surface area contributed by atoms with Gasteiger partial charge in [0, 0.05) is 35.9 Å². The summed E-state index contributed by atoms with van der Waals surface area (Å²) in [5.74, 6) is 0. The Hall–Kier alpha value is -2.73. The van der Waals surface area contributed by atoms with E-state index >= 15 is 0 Å². The predicted octanol–water partition coefficient (Wildman–Crippen LogP) is 4.71. The van der Waals surface area contributed by atoms with Crippen LogP contribution in [-0.2, 0) is 6.54 Å². The van der Waals surface area contributed by atoms with Crippen molar-refractivity contribution in [1.29, 1.82) is 0 Å². The fourth-order valence-corrected chi connectivity index (χ4v) is 3.61. The van der Waals surface area contributed by atoms with Crippen LogP contribution in [0.3, 0.4) is 0 Å². The average molecular weight is 364 g/mol. The second-order valence-electron chi connectivity index (χ2n) is 6.56. The molecule has 1 aliphatic rings. The van der Waals surface area contributed by atoms with Crippen LogP contribution in [0.1, 0.15) is 24.0 Å². The number of rotatable bonds is 5. The Labute approximate surface area is 156 Å². The van der Waals surface area contributed by atoms with E-state index in [4.69, 9.17) is 0 Å². The van der Waals surface area contributed by atoms with Crippen molar-refractivity contribution in [3.63, 3.8) is 0 Å². The summed E-state index contributed by atoms with van der Waals surface area (Å²) in [7, 11) is 0. The topological polar surface area (TPSA) is 58.1 Å². The van der Waals surface area contributed by atoms with Crippen molar-refractivity contribution in [2.24, 2.45) is 0 Å². The molecule has 2 amide bonds. The van der Waals surface area contributed by atoms with Crippen molar-refractivity contribution in [1.82, 2.24) is 14.9 Å². The first-order valence-electron chi connectivity index (χ1n) is 8.68. The summed E-state index contributed by atoms with van der Waals surface area (Å²) in [6, 6.07) is 12.4. The summed E-state index contributed by atoms with van der Waals surface area (Å²) in [5.41, 5.74) is 4.14. The van der Waals surface area contributed by atoms with Crippen LogP contribution in [0.15, 0.2) is 54.2 Å². The van der Waals surface area contributed by atoms with E-state index in [2.05, 4.69) is 40.4 Å². The quantitative estimate of drug-likeness (QED) is 0.713. The zero-order chi connectivity index (χ0) is 17.9. The third-order valence-corrected chi connectivity index (χ3v) is 5.12. The second kappa shape index (κ2) is 7.25. The monoisotopic (exact) mass is 364 g/mol. The van der Waals surface area contributed by atoms with Gasteiger partial charge in [0.25, 0.3) is 0 Å². The molecule has 1 saturated carbocycles. The lowest BCUT2D eigenvalue weighted by Crippen LogP contribution is -2.36. The van der Waals surface area contributed by atoms with E-state index in [-0.39, 0.29) is 6.03 Å². The molecule has 0 atom stereocenters. The van der Waals surface area contributed by atoms with Gasteiger partial charge >= 0.3 is 6.03 Å². The van der Waals surface area contributed by atoms with E-state index in [1.807, 2.05) is 28.5 Å². The van der Waals surface area contributed by atoms with E-state index in [1.54, 1.807) is 12.4 Å². The predicted molar refractivity (Wildman–Crippen MR) is 104 cm³/mol. The molecule has 1 aromatic carbocycles. The fraction of sp³-hybridized carbons (Fsp3) is 0.250. The number of anilines is 1. The first-order valence-corrected chi connectivity index (χ1v) is 9.56. The number of benzene rings is 1. The van der Waals surface area contributed by atoms with Crippen molar-refractivity contribution < 1.29 is 4.79 Å². The number of thiazole rings is 1. The Morgan fingerprint density at radius 2 is 2.19 bits per heavy atom. The number of aromatic nitrogens is 2. The minimum absolute atomic E-state index is 0.0823.